The van der Waals surface area contributed by atoms with Gasteiger partial charge in [0.15, 0.2) is 11.6 Å². The molecule has 136 valence electrons. The maximum absolute atomic E-state index is 13.8. The van der Waals surface area contributed by atoms with E-state index in [0.717, 1.165) is 12.1 Å². The Morgan fingerprint density at radius 3 is 2.28 bits per heavy atom. The summed E-state index contributed by atoms with van der Waals surface area (Å²) in [5, 5.41) is 9.17. The van der Waals surface area contributed by atoms with Crippen molar-refractivity contribution in [2.24, 2.45) is 0 Å². The van der Waals surface area contributed by atoms with E-state index in [9.17, 15) is 18.4 Å². The van der Waals surface area contributed by atoms with Crippen molar-refractivity contribution in [1.82, 2.24) is 9.71 Å². The van der Waals surface area contributed by atoms with Crippen LogP contribution in [0.4, 0.5) is 8.78 Å². The third-order valence-corrected chi connectivity index (χ3v) is 5.58. The van der Waals surface area contributed by atoms with E-state index in [4.69, 9.17) is 0 Å². The molecule has 0 saturated heterocycles. The SMILES string of the molecule is CC(C)(C)[S+]([O-])N[C@@](C)(c1ccc(F)c(F)c1)c1ccc(CO)cn1. The Hall–Kier alpha value is -1.54. The van der Waals surface area contributed by atoms with Gasteiger partial charge in [0.05, 0.1) is 12.3 Å². The van der Waals surface area contributed by atoms with Crippen molar-refractivity contribution in [2.75, 3.05) is 0 Å². The first-order valence-electron chi connectivity index (χ1n) is 7.79. The van der Waals surface area contributed by atoms with E-state index in [1.54, 1.807) is 19.1 Å². The van der Waals surface area contributed by atoms with Gasteiger partial charge in [0.2, 0.25) is 0 Å². The highest BCUT2D eigenvalue weighted by molar-refractivity contribution is 7.90. The van der Waals surface area contributed by atoms with Crippen LogP contribution in [0.2, 0.25) is 0 Å². The van der Waals surface area contributed by atoms with Crippen molar-refractivity contribution < 1.29 is 18.4 Å². The van der Waals surface area contributed by atoms with Gasteiger partial charge in [-0.3, -0.25) is 4.98 Å². The summed E-state index contributed by atoms with van der Waals surface area (Å²) in [6, 6.07) is 6.89. The number of aromatic nitrogens is 1. The predicted octanol–water partition coefficient (Wildman–Crippen LogP) is 3.17. The molecule has 7 heteroatoms. The molecule has 4 nitrogen and oxygen atoms in total. The normalized spacial score (nSPS) is 15.7. The molecule has 1 aromatic carbocycles. The molecule has 2 N–H and O–H groups in total. The van der Waals surface area contributed by atoms with E-state index in [-0.39, 0.29) is 6.61 Å². The number of rotatable bonds is 5. The zero-order valence-electron chi connectivity index (χ0n) is 14.6. The van der Waals surface area contributed by atoms with Crippen LogP contribution in [0.5, 0.6) is 0 Å². The Bertz CT molecular complexity index is 735. The summed E-state index contributed by atoms with van der Waals surface area (Å²) in [5.41, 5.74) is 0.385. The van der Waals surface area contributed by atoms with Gasteiger partial charge in [0.25, 0.3) is 0 Å². The fourth-order valence-electron chi connectivity index (χ4n) is 2.22. The van der Waals surface area contributed by atoms with Crippen molar-refractivity contribution in [3.8, 4) is 0 Å². The smallest absolute Gasteiger partial charge is 0.159 e. The molecule has 0 aliphatic carbocycles. The third-order valence-electron chi connectivity index (χ3n) is 3.87. The zero-order chi connectivity index (χ0) is 18.8. The number of halogens is 2. The minimum Gasteiger partial charge on any atom is -0.598 e. The Balaban J connectivity index is 2.54. The molecule has 0 fully saturated rings. The molecule has 1 heterocycles. The number of aliphatic hydroxyl groups excluding tert-OH is 1. The third kappa shape index (κ3) is 4.36. The van der Waals surface area contributed by atoms with Gasteiger partial charge >= 0.3 is 0 Å². The van der Waals surface area contributed by atoms with Crippen molar-refractivity contribution in [2.45, 2.75) is 44.6 Å². The highest BCUT2D eigenvalue weighted by atomic mass is 32.2. The maximum Gasteiger partial charge on any atom is 0.159 e. The largest absolute Gasteiger partial charge is 0.598 e. The molecule has 0 amide bonds. The van der Waals surface area contributed by atoms with Gasteiger partial charge in [0.1, 0.15) is 10.3 Å². The first-order valence-corrected chi connectivity index (χ1v) is 8.94. The maximum atomic E-state index is 13.8. The number of benzene rings is 1. The lowest BCUT2D eigenvalue weighted by atomic mass is 9.89. The molecule has 2 rings (SSSR count). The monoisotopic (exact) mass is 368 g/mol. The second-order valence-corrected chi connectivity index (χ2v) is 8.91. The molecular weight excluding hydrogens is 346 g/mol. The van der Waals surface area contributed by atoms with Crippen LogP contribution in [0.3, 0.4) is 0 Å². The molecule has 1 unspecified atom stereocenters. The summed E-state index contributed by atoms with van der Waals surface area (Å²) < 4.78 is 42.2. The highest BCUT2D eigenvalue weighted by Crippen LogP contribution is 2.32. The van der Waals surface area contributed by atoms with Gasteiger partial charge in [-0.25, -0.2) is 8.78 Å². The van der Waals surface area contributed by atoms with Gasteiger partial charge in [-0.15, -0.1) is 4.72 Å². The lowest BCUT2D eigenvalue weighted by molar-refractivity contribution is 0.281. The summed E-state index contributed by atoms with van der Waals surface area (Å²) in [6.45, 7) is 6.99. The van der Waals surface area contributed by atoms with E-state index < -0.39 is 33.3 Å². The number of hydrogen-bond acceptors (Lipinski definition) is 4. The molecule has 2 aromatic rings. The number of nitrogens with one attached hydrogen (secondary N) is 1. The summed E-state index contributed by atoms with van der Waals surface area (Å²) in [7, 11) is 0. The Labute approximate surface area is 149 Å². The quantitative estimate of drug-likeness (QED) is 0.796. The minimum atomic E-state index is -1.48. The van der Waals surface area contributed by atoms with Crippen LogP contribution in [0.15, 0.2) is 36.5 Å². The molecule has 0 saturated carbocycles. The summed E-state index contributed by atoms with van der Waals surface area (Å²) >= 11 is -1.48. The second kappa shape index (κ2) is 7.37. The summed E-state index contributed by atoms with van der Waals surface area (Å²) in [4.78, 5) is 4.31. The summed E-state index contributed by atoms with van der Waals surface area (Å²) in [6.07, 6.45) is 1.50. The highest BCUT2D eigenvalue weighted by Gasteiger charge is 2.40. The lowest BCUT2D eigenvalue weighted by Gasteiger charge is -2.35. The topological polar surface area (TPSA) is 68.2 Å². The van der Waals surface area contributed by atoms with Crippen molar-refractivity contribution in [1.29, 1.82) is 0 Å². The van der Waals surface area contributed by atoms with Crippen LogP contribution >= 0.6 is 0 Å². The lowest BCUT2D eigenvalue weighted by Crippen LogP contribution is -2.51. The van der Waals surface area contributed by atoms with E-state index in [1.165, 1.54) is 12.3 Å². The van der Waals surface area contributed by atoms with E-state index in [0.29, 0.717) is 16.8 Å². The van der Waals surface area contributed by atoms with Gasteiger partial charge < -0.3 is 9.66 Å². The fraction of sp³-hybridized carbons (Fsp3) is 0.389. The Kier molecular flexibility index (Phi) is 5.83. The molecule has 0 aliphatic rings. The van der Waals surface area contributed by atoms with Crippen LogP contribution in [0.1, 0.15) is 44.5 Å². The average Bonchev–Trinajstić information content (AvgIpc) is 2.56. The van der Waals surface area contributed by atoms with Crippen LogP contribution in [-0.2, 0) is 23.5 Å². The number of aliphatic hydroxyl groups is 1. The average molecular weight is 368 g/mol. The zero-order valence-corrected chi connectivity index (χ0v) is 15.5. The van der Waals surface area contributed by atoms with Crippen molar-refractivity contribution >= 4 is 11.4 Å². The van der Waals surface area contributed by atoms with E-state index >= 15 is 0 Å². The first-order chi connectivity index (χ1) is 11.6. The van der Waals surface area contributed by atoms with Crippen molar-refractivity contribution in [3.05, 3.63) is 65.0 Å². The van der Waals surface area contributed by atoms with Gasteiger partial charge in [-0.05, 0) is 57.0 Å². The molecule has 0 radical (unpaired) electrons. The standard InChI is InChI=1S/C18H22F2N2O2S/c1-17(2,3)25(24)22-18(4,13-6-7-14(19)15(20)9-13)16-8-5-12(11-23)10-21-16/h5-10,22-23H,11H2,1-4H3/t18-,25?/m0/s1. The molecule has 1 aromatic heterocycles. The number of pyridine rings is 1. The van der Waals surface area contributed by atoms with Crippen LogP contribution in [0.25, 0.3) is 0 Å². The second-order valence-electron chi connectivity index (χ2n) is 6.95. The number of hydrogen-bond donors (Lipinski definition) is 2. The summed E-state index contributed by atoms with van der Waals surface area (Å²) in [5.74, 6) is -1.94. The van der Waals surface area contributed by atoms with Gasteiger partial charge in [-0.2, -0.15) is 0 Å². The molecule has 0 spiro atoms. The molecule has 25 heavy (non-hydrogen) atoms. The first kappa shape index (κ1) is 19.8. The minimum absolute atomic E-state index is 0.156. The Morgan fingerprint density at radius 2 is 1.80 bits per heavy atom. The molecule has 0 aliphatic heterocycles. The van der Waals surface area contributed by atoms with Gasteiger partial charge in [0, 0.05) is 17.6 Å². The van der Waals surface area contributed by atoms with E-state index in [1.807, 2.05) is 20.8 Å². The van der Waals surface area contributed by atoms with Crippen LogP contribution < -0.4 is 4.72 Å². The molecule has 0 bridgehead atoms. The van der Waals surface area contributed by atoms with Crippen LogP contribution in [0, 0.1) is 11.6 Å². The predicted molar refractivity (Wildman–Crippen MR) is 94.0 cm³/mol. The van der Waals surface area contributed by atoms with Gasteiger partial charge in [-0.1, -0.05) is 12.1 Å². The van der Waals surface area contributed by atoms with Crippen molar-refractivity contribution in [3.63, 3.8) is 0 Å². The fourth-order valence-corrected chi connectivity index (χ4v) is 3.12. The van der Waals surface area contributed by atoms with E-state index in [2.05, 4.69) is 9.71 Å². The molecular formula is C18H22F2N2O2S. The Morgan fingerprint density at radius 1 is 1.12 bits per heavy atom. The number of nitrogens with zero attached hydrogens (tertiary/aromatic N) is 1. The molecule has 2 atom stereocenters. The van der Waals surface area contributed by atoms with Crippen LogP contribution in [-0.4, -0.2) is 19.4 Å².